The van der Waals surface area contributed by atoms with Gasteiger partial charge in [0.1, 0.15) is 4.21 Å². The van der Waals surface area contributed by atoms with Crippen LogP contribution in [0, 0.1) is 13.8 Å². The molecule has 0 radical (unpaired) electrons. The van der Waals surface area contributed by atoms with Gasteiger partial charge in [-0.2, -0.15) is 8.61 Å². The predicted molar refractivity (Wildman–Crippen MR) is 97.8 cm³/mol. The first kappa shape index (κ1) is 18.5. The van der Waals surface area contributed by atoms with E-state index in [2.05, 4.69) is 0 Å². The molecule has 1 fully saturated rings. The van der Waals surface area contributed by atoms with Crippen LogP contribution in [0.2, 0.25) is 0 Å². The van der Waals surface area contributed by atoms with E-state index < -0.39 is 20.0 Å². The highest BCUT2D eigenvalue weighted by Gasteiger charge is 2.34. The Morgan fingerprint density at radius 2 is 1.48 bits per heavy atom. The number of rotatable bonds is 4. The summed E-state index contributed by atoms with van der Waals surface area (Å²) in [5, 5.41) is 1.72. The van der Waals surface area contributed by atoms with Gasteiger partial charge in [-0.05, 0) is 36.9 Å². The minimum absolute atomic E-state index is 0.153. The fourth-order valence-corrected chi connectivity index (χ4v) is 7.11. The number of hydrogen-bond donors (Lipinski definition) is 0. The molecule has 2 aromatic rings. The summed E-state index contributed by atoms with van der Waals surface area (Å²) in [7, 11) is -7.15. The van der Waals surface area contributed by atoms with Crippen LogP contribution in [-0.2, 0) is 20.0 Å². The standard InChI is InChI=1S/C16H20N2O4S3/c1-13-5-6-15(14(2)12-13)24(19,20)17-7-9-18(10-8-17)25(21,22)16-4-3-11-23-16/h3-6,11-12H,7-10H2,1-2H3. The largest absolute Gasteiger partial charge is 0.252 e. The molecule has 0 atom stereocenters. The highest BCUT2D eigenvalue weighted by atomic mass is 32.2. The van der Waals surface area contributed by atoms with Crippen LogP contribution in [-0.4, -0.2) is 51.6 Å². The quantitative estimate of drug-likeness (QED) is 0.787. The second-order valence-corrected chi connectivity index (χ2v) is 11.0. The van der Waals surface area contributed by atoms with E-state index in [9.17, 15) is 16.8 Å². The molecule has 3 rings (SSSR count). The smallest absolute Gasteiger partial charge is 0.207 e. The third-order valence-electron chi connectivity index (χ3n) is 4.24. The van der Waals surface area contributed by atoms with Gasteiger partial charge in [0.05, 0.1) is 4.90 Å². The average molecular weight is 401 g/mol. The first-order chi connectivity index (χ1) is 11.7. The first-order valence-corrected chi connectivity index (χ1v) is 11.6. The lowest BCUT2D eigenvalue weighted by Gasteiger charge is -2.33. The Balaban J connectivity index is 1.78. The second kappa shape index (κ2) is 6.81. The Hall–Kier alpha value is -1.26. The highest BCUT2D eigenvalue weighted by Crippen LogP contribution is 2.25. The van der Waals surface area contributed by atoms with Crippen LogP contribution in [0.4, 0.5) is 0 Å². The lowest BCUT2D eigenvalue weighted by atomic mass is 10.2. The number of thiophene rings is 1. The maximum absolute atomic E-state index is 12.9. The van der Waals surface area contributed by atoms with Gasteiger partial charge in [-0.25, -0.2) is 16.8 Å². The van der Waals surface area contributed by atoms with Crippen LogP contribution in [0.3, 0.4) is 0 Å². The van der Waals surface area contributed by atoms with Crippen molar-refractivity contribution in [2.45, 2.75) is 23.0 Å². The number of aryl methyl sites for hydroxylation is 2. The summed E-state index contributed by atoms with van der Waals surface area (Å²) >= 11 is 1.17. The normalized spacial score (nSPS) is 17.7. The van der Waals surface area contributed by atoms with Crippen molar-refractivity contribution in [3.8, 4) is 0 Å². The zero-order chi connectivity index (χ0) is 18.2. The van der Waals surface area contributed by atoms with Gasteiger partial charge in [-0.3, -0.25) is 0 Å². The van der Waals surface area contributed by atoms with E-state index in [-0.39, 0.29) is 35.3 Å². The molecule has 0 bridgehead atoms. The molecule has 0 unspecified atom stereocenters. The molecule has 2 heterocycles. The lowest BCUT2D eigenvalue weighted by molar-refractivity contribution is 0.273. The van der Waals surface area contributed by atoms with Gasteiger partial charge in [0.25, 0.3) is 10.0 Å². The van der Waals surface area contributed by atoms with Crippen molar-refractivity contribution in [3.05, 3.63) is 46.8 Å². The Labute approximate surface area is 152 Å². The van der Waals surface area contributed by atoms with E-state index in [4.69, 9.17) is 0 Å². The van der Waals surface area contributed by atoms with E-state index in [0.29, 0.717) is 5.56 Å². The molecule has 1 aromatic heterocycles. The molecule has 0 N–H and O–H groups in total. The number of hydrogen-bond acceptors (Lipinski definition) is 5. The van der Waals surface area contributed by atoms with Crippen LogP contribution in [0.1, 0.15) is 11.1 Å². The Bertz CT molecular complexity index is 959. The Kier molecular flexibility index (Phi) is 5.04. The van der Waals surface area contributed by atoms with E-state index in [1.54, 1.807) is 36.6 Å². The maximum atomic E-state index is 12.9. The van der Waals surface area contributed by atoms with Gasteiger partial charge in [0.2, 0.25) is 10.0 Å². The maximum Gasteiger partial charge on any atom is 0.252 e. The van der Waals surface area contributed by atoms with Crippen molar-refractivity contribution >= 4 is 31.4 Å². The topological polar surface area (TPSA) is 74.8 Å². The summed E-state index contributed by atoms with van der Waals surface area (Å²) in [4.78, 5) is 0.285. The van der Waals surface area contributed by atoms with Crippen LogP contribution in [0.25, 0.3) is 0 Å². The molecular formula is C16H20N2O4S3. The third-order valence-corrected chi connectivity index (χ3v) is 9.57. The fraction of sp³-hybridized carbons (Fsp3) is 0.375. The molecule has 0 saturated carbocycles. The average Bonchev–Trinajstić information content (AvgIpc) is 3.10. The third kappa shape index (κ3) is 3.52. The van der Waals surface area contributed by atoms with Crippen molar-refractivity contribution in [1.29, 1.82) is 0 Å². The summed E-state index contributed by atoms with van der Waals surface area (Å²) in [6.07, 6.45) is 0. The Morgan fingerprint density at radius 3 is 2.00 bits per heavy atom. The van der Waals surface area contributed by atoms with Gasteiger partial charge in [0, 0.05) is 26.2 Å². The summed E-state index contributed by atoms with van der Waals surface area (Å²) in [5.41, 5.74) is 1.71. The summed E-state index contributed by atoms with van der Waals surface area (Å²) in [5.74, 6) is 0. The fourth-order valence-electron chi connectivity index (χ4n) is 2.92. The number of benzene rings is 1. The van der Waals surface area contributed by atoms with Crippen molar-refractivity contribution < 1.29 is 16.8 Å². The predicted octanol–water partition coefficient (Wildman–Crippen LogP) is 2.06. The molecule has 0 amide bonds. The minimum atomic E-state index is -3.62. The first-order valence-electron chi connectivity index (χ1n) is 7.84. The molecule has 136 valence electrons. The van der Waals surface area contributed by atoms with Crippen molar-refractivity contribution in [3.63, 3.8) is 0 Å². The molecule has 1 aliphatic rings. The zero-order valence-corrected chi connectivity index (χ0v) is 16.5. The second-order valence-electron chi connectivity index (χ2n) is 6.01. The lowest BCUT2D eigenvalue weighted by Crippen LogP contribution is -2.50. The summed E-state index contributed by atoms with van der Waals surface area (Å²) < 4.78 is 53.8. The number of piperazine rings is 1. The van der Waals surface area contributed by atoms with Crippen LogP contribution in [0.5, 0.6) is 0 Å². The molecule has 9 heteroatoms. The van der Waals surface area contributed by atoms with Gasteiger partial charge in [-0.15, -0.1) is 11.3 Å². The molecule has 6 nitrogen and oxygen atoms in total. The van der Waals surface area contributed by atoms with Gasteiger partial charge in [-0.1, -0.05) is 23.8 Å². The molecule has 0 aliphatic carbocycles. The van der Waals surface area contributed by atoms with Crippen molar-refractivity contribution in [1.82, 2.24) is 8.61 Å². The molecule has 1 saturated heterocycles. The van der Waals surface area contributed by atoms with E-state index in [1.807, 2.05) is 13.0 Å². The van der Waals surface area contributed by atoms with E-state index in [0.717, 1.165) is 5.56 Å². The number of sulfonamides is 2. The van der Waals surface area contributed by atoms with Crippen LogP contribution >= 0.6 is 11.3 Å². The van der Waals surface area contributed by atoms with E-state index in [1.165, 1.54) is 19.9 Å². The van der Waals surface area contributed by atoms with Crippen LogP contribution in [0.15, 0.2) is 44.8 Å². The monoisotopic (exact) mass is 400 g/mol. The molecule has 0 spiro atoms. The Morgan fingerprint density at radius 1 is 0.880 bits per heavy atom. The summed E-state index contributed by atoms with van der Waals surface area (Å²) in [6, 6.07) is 8.49. The van der Waals surface area contributed by atoms with Gasteiger partial charge >= 0.3 is 0 Å². The SMILES string of the molecule is Cc1ccc(S(=O)(=O)N2CCN(S(=O)(=O)c3cccs3)CC2)c(C)c1. The molecule has 1 aliphatic heterocycles. The molecular weight excluding hydrogens is 380 g/mol. The number of nitrogens with zero attached hydrogens (tertiary/aromatic N) is 2. The van der Waals surface area contributed by atoms with Crippen molar-refractivity contribution in [2.75, 3.05) is 26.2 Å². The molecule has 25 heavy (non-hydrogen) atoms. The van der Waals surface area contributed by atoms with Crippen LogP contribution < -0.4 is 0 Å². The van der Waals surface area contributed by atoms with E-state index >= 15 is 0 Å². The minimum Gasteiger partial charge on any atom is -0.207 e. The summed E-state index contributed by atoms with van der Waals surface area (Å²) in [6.45, 7) is 4.31. The van der Waals surface area contributed by atoms with Crippen molar-refractivity contribution in [2.24, 2.45) is 0 Å². The van der Waals surface area contributed by atoms with Gasteiger partial charge in [0.15, 0.2) is 0 Å². The zero-order valence-electron chi connectivity index (χ0n) is 14.0. The molecule has 1 aromatic carbocycles. The van der Waals surface area contributed by atoms with Gasteiger partial charge < -0.3 is 0 Å². The highest BCUT2D eigenvalue weighted by molar-refractivity contribution is 7.91.